The van der Waals surface area contributed by atoms with Gasteiger partial charge in [0.2, 0.25) is 0 Å². The summed E-state index contributed by atoms with van der Waals surface area (Å²) in [5.74, 6) is 0.864. The summed E-state index contributed by atoms with van der Waals surface area (Å²) in [5, 5.41) is 0. The van der Waals surface area contributed by atoms with Gasteiger partial charge >= 0.3 is 0 Å². The van der Waals surface area contributed by atoms with Crippen LogP contribution in [0.3, 0.4) is 0 Å². The molecule has 2 heteroatoms. The van der Waals surface area contributed by atoms with Crippen molar-refractivity contribution < 1.29 is 0 Å². The van der Waals surface area contributed by atoms with Crippen LogP contribution in [-0.4, -0.2) is 13.1 Å². The minimum Gasteiger partial charge on any atom is -0.371 e. The standard InChI is InChI=1S/C12H16BrN/c1-3-10-6-11(13)4-5-12(10)14-7-9(2)8-14/h4-6,9H,3,7-8H2,1-2H3. The summed E-state index contributed by atoms with van der Waals surface area (Å²) in [5.41, 5.74) is 2.88. The Hall–Kier alpha value is -0.500. The number of rotatable bonds is 2. The van der Waals surface area contributed by atoms with E-state index in [1.165, 1.54) is 28.8 Å². The Morgan fingerprint density at radius 2 is 2.14 bits per heavy atom. The second-order valence-corrected chi connectivity index (χ2v) is 5.05. The molecule has 0 N–H and O–H groups in total. The molecule has 1 aliphatic rings. The van der Waals surface area contributed by atoms with Crippen LogP contribution < -0.4 is 4.90 Å². The molecule has 0 saturated carbocycles. The third-order valence-electron chi connectivity index (χ3n) is 2.83. The lowest BCUT2D eigenvalue weighted by Gasteiger charge is -2.40. The zero-order chi connectivity index (χ0) is 10.1. The van der Waals surface area contributed by atoms with Crippen LogP contribution in [0.1, 0.15) is 19.4 Å². The lowest BCUT2D eigenvalue weighted by molar-refractivity contribution is 0.446. The first-order valence-electron chi connectivity index (χ1n) is 5.24. The zero-order valence-corrected chi connectivity index (χ0v) is 10.3. The van der Waals surface area contributed by atoms with Crippen LogP contribution >= 0.6 is 15.9 Å². The fraction of sp³-hybridized carbons (Fsp3) is 0.500. The maximum absolute atomic E-state index is 3.52. The van der Waals surface area contributed by atoms with E-state index in [2.05, 4.69) is 52.9 Å². The summed E-state index contributed by atoms with van der Waals surface area (Å²) in [4.78, 5) is 2.47. The first-order chi connectivity index (χ1) is 6.70. The maximum Gasteiger partial charge on any atom is 0.0399 e. The maximum atomic E-state index is 3.52. The first-order valence-corrected chi connectivity index (χ1v) is 6.03. The predicted molar refractivity (Wildman–Crippen MR) is 64.9 cm³/mol. The SMILES string of the molecule is CCc1cc(Br)ccc1N1CC(C)C1. The van der Waals surface area contributed by atoms with Gasteiger partial charge in [0.05, 0.1) is 0 Å². The molecule has 2 rings (SSSR count). The molecule has 1 aromatic rings. The Bertz CT molecular complexity index is 329. The third kappa shape index (κ3) is 1.81. The van der Waals surface area contributed by atoms with E-state index < -0.39 is 0 Å². The summed E-state index contributed by atoms with van der Waals surface area (Å²) in [6.07, 6.45) is 1.11. The van der Waals surface area contributed by atoms with Crippen LogP contribution in [0.15, 0.2) is 22.7 Å². The van der Waals surface area contributed by atoms with Crippen molar-refractivity contribution in [2.24, 2.45) is 5.92 Å². The van der Waals surface area contributed by atoms with Gasteiger partial charge in [-0.25, -0.2) is 0 Å². The average molecular weight is 254 g/mol. The van der Waals surface area contributed by atoms with Crippen molar-refractivity contribution in [1.29, 1.82) is 0 Å². The minimum atomic E-state index is 0.864. The number of halogens is 1. The average Bonchev–Trinajstić information content (AvgIpc) is 2.13. The number of hydrogen-bond acceptors (Lipinski definition) is 1. The highest BCUT2D eigenvalue weighted by atomic mass is 79.9. The van der Waals surface area contributed by atoms with Crippen molar-refractivity contribution in [3.05, 3.63) is 28.2 Å². The van der Waals surface area contributed by atoms with Gasteiger partial charge in [0.25, 0.3) is 0 Å². The number of aryl methyl sites for hydroxylation is 1. The van der Waals surface area contributed by atoms with E-state index in [-0.39, 0.29) is 0 Å². The summed E-state index contributed by atoms with van der Waals surface area (Å²) >= 11 is 3.52. The van der Waals surface area contributed by atoms with Crippen LogP contribution in [-0.2, 0) is 6.42 Å². The van der Waals surface area contributed by atoms with Crippen molar-refractivity contribution >= 4 is 21.6 Å². The molecule has 0 unspecified atom stereocenters. The summed E-state index contributed by atoms with van der Waals surface area (Å²) < 4.78 is 1.19. The van der Waals surface area contributed by atoms with Gasteiger partial charge in [-0.05, 0) is 36.1 Å². The topological polar surface area (TPSA) is 3.24 Å². The molecule has 0 amide bonds. The molecular weight excluding hydrogens is 238 g/mol. The van der Waals surface area contributed by atoms with Gasteiger partial charge in [0, 0.05) is 23.2 Å². The quantitative estimate of drug-likeness (QED) is 0.781. The molecule has 14 heavy (non-hydrogen) atoms. The van der Waals surface area contributed by atoms with Crippen LogP contribution in [0, 0.1) is 5.92 Å². The molecule has 1 saturated heterocycles. The number of benzene rings is 1. The highest BCUT2D eigenvalue weighted by Crippen LogP contribution is 2.30. The van der Waals surface area contributed by atoms with Gasteiger partial charge in [-0.3, -0.25) is 0 Å². The summed E-state index contributed by atoms with van der Waals surface area (Å²) in [6.45, 7) is 6.96. The molecule has 0 radical (unpaired) electrons. The van der Waals surface area contributed by atoms with E-state index in [4.69, 9.17) is 0 Å². The molecule has 0 aromatic heterocycles. The third-order valence-corrected chi connectivity index (χ3v) is 3.32. The Kier molecular flexibility index (Phi) is 2.82. The van der Waals surface area contributed by atoms with Gasteiger partial charge in [-0.2, -0.15) is 0 Å². The van der Waals surface area contributed by atoms with Crippen molar-refractivity contribution in [2.75, 3.05) is 18.0 Å². The Morgan fingerprint density at radius 1 is 1.43 bits per heavy atom. The van der Waals surface area contributed by atoms with Crippen LogP contribution in [0.4, 0.5) is 5.69 Å². The van der Waals surface area contributed by atoms with E-state index in [1.54, 1.807) is 0 Å². The lowest BCUT2D eigenvalue weighted by atomic mass is 9.99. The number of nitrogens with zero attached hydrogens (tertiary/aromatic N) is 1. The van der Waals surface area contributed by atoms with Crippen molar-refractivity contribution in [3.63, 3.8) is 0 Å². The largest absolute Gasteiger partial charge is 0.371 e. The Labute approximate surface area is 94.2 Å². The monoisotopic (exact) mass is 253 g/mol. The Morgan fingerprint density at radius 3 is 2.71 bits per heavy atom. The summed E-state index contributed by atoms with van der Waals surface area (Å²) in [6, 6.07) is 6.60. The molecule has 0 atom stereocenters. The molecule has 1 fully saturated rings. The molecule has 1 aliphatic heterocycles. The van der Waals surface area contributed by atoms with Crippen LogP contribution in [0.2, 0.25) is 0 Å². The predicted octanol–water partition coefficient (Wildman–Crippen LogP) is 3.47. The summed E-state index contributed by atoms with van der Waals surface area (Å²) in [7, 11) is 0. The van der Waals surface area contributed by atoms with Gasteiger partial charge < -0.3 is 4.90 Å². The van der Waals surface area contributed by atoms with E-state index in [0.29, 0.717) is 0 Å². The molecule has 76 valence electrons. The second kappa shape index (κ2) is 3.93. The Balaban J connectivity index is 2.24. The van der Waals surface area contributed by atoms with Gasteiger partial charge in [-0.15, -0.1) is 0 Å². The van der Waals surface area contributed by atoms with E-state index in [0.717, 1.165) is 12.3 Å². The van der Waals surface area contributed by atoms with E-state index >= 15 is 0 Å². The van der Waals surface area contributed by atoms with Crippen LogP contribution in [0.25, 0.3) is 0 Å². The van der Waals surface area contributed by atoms with Gasteiger partial charge in [0.15, 0.2) is 0 Å². The number of anilines is 1. The number of hydrogen-bond donors (Lipinski definition) is 0. The molecule has 1 aromatic carbocycles. The van der Waals surface area contributed by atoms with Crippen molar-refractivity contribution in [2.45, 2.75) is 20.3 Å². The second-order valence-electron chi connectivity index (χ2n) is 4.14. The van der Waals surface area contributed by atoms with Crippen molar-refractivity contribution in [3.8, 4) is 0 Å². The van der Waals surface area contributed by atoms with Crippen molar-refractivity contribution in [1.82, 2.24) is 0 Å². The fourth-order valence-electron chi connectivity index (χ4n) is 2.04. The molecule has 0 aliphatic carbocycles. The van der Waals surface area contributed by atoms with E-state index in [1.807, 2.05) is 0 Å². The van der Waals surface area contributed by atoms with Gasteiger partial charge in [0.1, 0.15) is 0 Å². The van der Waals surface area contributed by atoms with Gasteiger partial charge in [-0.1, -0.05) is 29.8 Å². The van der Waals surface area contributed by atoms with E-state index in [9.17, 15) is 0 Å². The molecule has 1 heterocycles. The zero-order valence-electron chi connectivity index (χ0n) is 8.76. The fourth-order valence-corrected chi connectivity index (χ4v) is 2.45. The highest BCUT2D eigenvalue weighted by molar-refractivity contribution is 9.10. The molecular formula is C12H16BrN. The minimum absolute atomic E-state index is 0.864. The van der Waals surface area contributed by atoms with Crippen LogP contribution in [0.5, 0.6) is 0 Å². The lowest BCUT2D eigenvalue weighted by Crippen LogP contribution is -2.45. The normalized spacial score (nSPS) is 16.9. The molecule has 0 bridgehead atoms. The molecule has 1 nitrogen and oxygen atoms in total. The highest BCUT2D eigenvalue weighted by Gasteiger charge is 2.23. The smallest absolute Gasteiger partial charge is 0.0399 e. The first kappa shape index (κ1) is 10.0. The molecule has 0 spiro atoms.